The van der Waals surface area contributed by atoms with Gasteiger partial charge < -0.3 is 11.1 Å². The third-order valence-corrected chi connectivity index (χ3v) is 4.55. The molecule has 0 aromatic heterocycles. The average molecular weight is 340 g/mol. The van der Waals surface area contributed by atoms with E-state index < -0.39 is 0 Å². The smallest absolute Gasteiger partial charge is 0.251 e. The number of nitrogens with zero attached hydrogens (tertiary/aromatic N) is 1. The molecule has 0 aliphatic carbocycles. The van der Waals surface area contributed by atoms with Gasteiger partial charge in [0.25, 0.3) is 5.91 Å². The van der Waals surface area contributed by atoms with Gasteiger partial charge in [0.15, 0.2) is 0 Å². The Labute approximate surface area is 128 Å². The van der Waals surface area contributed by atoms with Gasteiger partial charge in [-0.25, -0.2) is 0 Å². The van der Waals surface area contributed by atoms with Crippen molar-refractivity contribution in [3.05, 3.63) is 28.2 Å². The lowest BCUT2D eigenvalue weighted by Gasteiger charge is -2.32. The highest BCUT2D eigenvalue weighted by Gasteiger charge is 2.17. The summed E-state index contributed by atoms with van der Waals surface area (Å²) in [7, 11) is 0. The number of amides is 1. The van der Waals surface area contributed by atoms with Gasteiger partial charge in [0.2, 0.25) is 0 Å². The van der Waals surface area contributed by atoms with Crippen LogP contribution in [0.4, 0.5) is 5.69 Å². The van der Waals surface area contributed by atoms with Crippen molar-refractivity contribution >= 4 is 27.5 Å². The van der Waals surface area contributed by atoms with Crippen molar-refractivity contribution in [2.75, 3.05) is 25.4 Å². The largest absolute Gasteiger partial charge is 0.398 e. The number of piperidine rings is 1. The maximum atomic E-state index is 12.1. The summed E-state index contributed by atoms with van der Waals surface area (Å²) in [5, 5.41) is 2.99. The highest BCUT2D eigenvalue weighted by Crippen LogP contribution is 2.20. The third-order valence-electron chi connectivity index (χ3n) is 3.83. The van der Waals surface area contributed by atoms with E-state index in [2.05, 4.69) is 33.1 Å². The molecule has 1 heterocycles. The Balaban J connectivity index is 1.86. The second kappa shape index (κ2) is 7.09. The quantitative estimate of drug-likeness (QED) is 0.829. The van der Waals surface area contributed by atoms with Gasteiger partial charge in [0, 0.05) is 28.3 Å². The van der Waals surface area contributed by atoms with E-state index in [0.29, 0.717) is 23.8 Å². The van der Waals surface area contributed by atoms with Crippen molar-refractivity contribution in [1.82, 2.24) is 10.2 Å². The normalized spacial score (nSPS) is 17.7. The summed E-state index contributed by atoms with van der Waals surface area (Å²) < 4.78 is 0.815. The first-order valence-corrected chi connectivity index (χ1v) is 7.94. The molecular formula is C15H22BrN3O. The minimum Gasteiger partial charge on any atom is -0.398 e. The Morgan fingerprint density at radius 3 is 2.75 bits per heavy atom. The minimum atomic E-state index is -0.0620. The molecule has 5 heteroatoms. The second-order valence-electron chi connectivity index (χ2n) is 5.39. The van der Waals surface area contributed by atoms with Crippen molar-refractivity contribution in [3.63, 3.8) is 0 Å². The van der Waals surface area contributed by atoms with Crippen LogP contribution in [0, 0.1) is 0 Å². The Morgan fingerprint density at radius 1 is 1.40 bits per heavy atom. The fraction of sp³-hybridized carbons (Fsp3) is 0.533. The predicted molar refractivity (Wildman–Crippen MR) is 85.8 cm³/mol. The fourth-order valence-corrected chi connectivity index (χ4v) is 2.76. The monoisotopic (exact) mass is 339 g/mol. The van der Waals surface area contributed by atoms with E-state index in [4.69, 9.17) is 5.73 Å². The van der Waals surface area contributed by atoms with Crippen LogP contribution in [-0.2, 0) is 0 Å². The zero-order valence-corrected chi connectivity index (χ0v) is 13.4. The Morgan fingerprint density at radius 2 is 2.10 bits per heavy atom. The zero-order chi connectivity index (χ0) is 14.5. The topological polar surface area (TPSA) is 58.4 Å². The number of halogens is 1. The lowest BCUT2D eigenvalue weighted by atomic mass is 10.1. The Bertz CT molecular complexity index is 472. The molecule has 1 amide bonds. The average Bonchev–Trinajstić information content (AvgIpc) is 2.48. The van der Waals surface area contributed by atoms with Gasteiger partial charge in [0.1, 0.15) is 0 Å². The van der Waals surface area contributed by atoms with E-state index in [1.54, 1.807) is 18.2 Å². The van der Waals surface area contributed by atoms with Crippen LogP contribution in [0.3, 0.4) is 0 Å². The number of carbonyl (C=O) groups excluding carboxylic acids is 1. The second-order valence-corrected chi connectivity index (χ2v) is 6.25. The maximum absolute atomic E-state index is 12.1. The molecule has 1 unspecified atom stereocenters. The molecule has 20 heavy (non-hydrogen) atoms. The van der Waals surface area contributed by atoms with Crippen molar-refractivity contribution < 1.29 is 4.79 Å². The van der Waals surface area contributed by atoms with Crippen LogP contribution in [-0.4, -0.2) is 36.5 Å². The molecule has 0 saturated carbocycles. The summed E-state index contributed by atoms with van der Waals surface area (Å²) in [6.45, 7) is 5.13. The van der Waals surface area contributed by atoms with Crippen LogP contribution < -0.4 is 11.1 Å². The van der Waals surface area contributed by atoms with Gasteiger partial charge in [-0.3, -0.25) is 9.69 Å². The Kier molecular flexibility index (Phi) is 5.43. The zero-order valence-electron chi connectivity index (χ0n) is 11.9. The molecule has 4 nitrogen and oxygen atoms in total. The number of hydrogen-bond donors (Lipinski definition) is 2. The summed E-state index contributed by atoms with van der Waals surface area (Å²) in [5.74, 6) is -0.0620. The number of carbonyl (C=O) groups is 1. The fourth-order valence-electron chi connectivity index (χ4n) is 2.52. The van der Waals surface area contributed by atoms with Gasteiger partial charge in [-0.1, -0.05) is 6.42 Å². The van der Waals surface area contributed by atoms with Gasteiger partial charge in [-0.15, -0.1) is 0 Å². The lowest BCUT2D eigenvalue weighted by molar-refractivity contribution is 0.0930. The molecule has 1 fully saturated rings. The number of nitrogen functional groups attached to an aromatic ring is 1. The third kappa shape index (κ3) is 3.96. The number of hydrogen-bond acceptors (Lipinski definition) is 3. The highest BCUT2D eigenvalue weighted by atomic mass is 79.9. The molecule has 1 aromatic carbocycles. The number of nitrogens with one attached hydrogen (secondary N) is 1. The van der Waals surface area contributed by atoms with E-state index in [1.165, 1.54) is 19.3 Å². The summed E-state index contributed by atoms with van der Waals surface area (Å²) in [6, 6.07) is 5.66. The molecule has 0 spiro atoms. The first-order chi connectivity index (χ1) is 9.58. The molecule has 3 N–H and O–H groups in total. The number of nitrogens with two attached hydrogens (primary N) is 1. The first kappa shape index (κ1) is 15.3. The summed E-state index contributed by atoms with van der Waals surface area (Å²) in [6.07, 6.45) is 3.86. The summed E-state index contributed by atoms with van der Waals surface area (Å²) in [4.78, 5) is 14.5. The van der Waals surface area contributed by atoms with Gasteiger partial charge in [0.05, 0.1) is 0 Å². The highest BCUT2D eigenvalue weighted by molar-refractivity contribution is 9.10. The van der Waals surface area contributed by atoms with Crippen molar-refractivity contribution in [2.24, 2.45) is 0 Å². The van der Waals surface area contributed by atoms with Crippen molar-refractivity contribution in [1.29, 1.82) is 0 Å². The van der Waals surface area contributed by atoms with Crippen molar-refractivity contribution in [2.45, 2.75) is 32.2 Å². The SMILES string of the molecule is CC(CNC(=O)c1ccc(Br)c(N)c1)N1CCCCC1. The number of anilines is 1. The van der Waals surface area contributed by atoms with E-state index >= 15 is 0 Å². The summed E-state index contributed by atoms with van der Waals surface area (Å²) >= 11 is 3.33. The lowest BCUT2D eigenvalue weighted by Crippen LogP contribution is -2.44. The molecule has 1 aliphatic heterocycles. The molecule has 110 valence electrons. The molecular weight excluding hydrogens is 318 g/mol. The van der Waals surface area contributed by atoms with Crippen molar-refractivity contribution in [3.8, 4) is 0 Å². The number of benzene rings is 1. The van der Waals surface area contributed by atoms with Crippen LogP contribution in [0.15, 0.2) is 22.7 Å². The van der Waals surface area contributed by atoms with E-state index in [1.807, 2.05) is 0 Å². The van der Waals surface area contributed by atoms with E-state index in [-0.39, 0.29) is 5.91 Å². The molecule has 1 aliphatic rings. The van der Waals surface area contributed by atoms with Crippen LogP contribution in [0.5, 0.6) is 0 Å². The maximum Gasteiger partial charge on any atom is 0.251 e. The minimum absolute atomic E-state index is 0.0620. The van der Waals surface area contributed by atoms with Gasteiger partial charge in [-0.05, 0) is 67.0 Å². The van der Waals surface area contributed by atoms with Gasteiger partial charge >= 0.3 is 0 Å². The van der Waals surface area contributed by atoms with Crippen LogP contribution >= 0.6 is 15.9 Å². The van der Waals surface area contributed by atoms with Gasteiger partial charge in [-0.2, -0.15) is 0 Å². The molecule has 1 atom stereocenters. The van der Waals surface area contributed by atoms with Crippen LogP contribution in [0.2, 0.25) is 0 Å². The number of rotatable bonds is 4. The predicted octanol–water partition coefficient (Wildman–Crippen LogP) is 2.64. The Hall–Kier alpha value is -1.07. The van der Waals surface area contributed by atoms with Crippen LogP contribution in [0.25, 0.3) is 0 Å². The molecule has 2 rings (SSSR count). The number of likely N-dealkylation sites (tertiary alicyclic amines) is 1. The molecule has 0 radical (unpaired) electrons. The van der Waals surface area contributed by atoms with E-state index in [0.717, 1.165) is 17.6 Å². The standard InChI is InChI=1S/C15H22BrN3O/c1-11(19-7-3-2-4-8-19)10-18-15(20)12-5-6-13(16)14(17)9-12/h5-6,9,11H,2-4,7-8,10,17H2,1H3,(H,18,20). The van der Waals surface area contributed by atoms with E-state index in [9.17, 15) is 4.79 Å². The first-order valence-electron chi connectivity index (χ1n) is 7.15. The van der Waals surface area contributed by atoms with Crippen LogP contribution in [0.1, 0.15) is 36.5 Å². The molecule has 1 aromatic rings. The molecule has 0 bridgehead atoms. The summed E-state index contributed by atoms with van der Waals surface area (Å²) in [5.41, 5.74) is 6.99. The molecule has 1 saturated heterocycles.